The molecule has 2 rings (SSSR count). The van der Waals surface area contributed by atoms with Gasteiger partial charge in [0.05, 0.1) is 6.61 Å². The Balaban J connectivity index is 2.00. The smallest absolute Gasteiger partial charge is 0.257 e. The number of methoxy groups -OCH3 is 1. The van der Waals surface area contributed by atoms with Crippen LogP contribution in [0.2, 0.25) is 0 Å². The summed E-state index contributed by atoms with van der Waals surface area (Å²) in [5, 5.41) is 3.03. The molecule has 23 heavy (non-hydrogen) atoms. The molecule has 0 saturated carbocycles. The molecule has 1 aromatic rings. The molecular weight excluding hydrogens is 294 g/mol. The number of pyridine rings is 1. The fraction of sp³-hybridized carbons (Fsp3) is 0.529. The summed E-state index contributed by atoms with van der Waals surface area (Å²) in [4.78, 5) is 18.9. The summed E-state index contributed by atoms with van der Waals surface area (Å²) in [5.41, 5.74) is 1.71. The minimum atomic E-state index is -0.169. The van der Waals surface area contributed by atoms with Crippen LogP contribution in [0.4, 0.5) is 0 Å². The largest absolute Gasteiger partial charge is 0.475 e. The van der Waals surface area contributed by atoms with E-state index in [0.29, 0.717) is 24.7 Å². The SMILES string of the molecule is COCCOc1ncccc1C(=O)N[C@H](C)C1=CCN(C)CC1. The number of amides is 1. The molecule has 0 saturated heterocycles. The van der Waals surface area contributed by atoms with Gasteiger partial charge in [0.2, 0.25) is 5.88 Å². The number of likely N-dealkylation sites (N-methyl/N-ethyl adjacent to an activating group) is 1. The Morgan fingerprint density at radius 3 is 3.00 bits per heavy atom. The van der Waals surface area contributed by atoms with Crippen LogP contribution in [0.1, 0.15) is 23.7 Å². The predicted octanol–water partition coefficient (Wildman–Crippen LogP) is 1.49. The van der Waals surface area contributed by atoms with E-state index in [0.717, 1.165) is 19.5 Å². The van der Waals surface area contributed by atoms with E-state index in [-0.39, 0.29) is 11.9 Å². The number of hydrogen-bond acceptors (Lipinski definition) is 5. The minimum Gasteiger partial charge on any atom is -0.475 e. The van der Waals surface area contributed by atoms with Crippen molar-refractivity contribution in [3.8, 4) is 5.88 Å². The lowest BCUT2D eigenvalue weighted by atomic mass is 10.0. The highest BCUT2D eigenvalue weighted by Crippen LogP contribution is 2.17. The molecule has 1 aliphatic heterocycles. The normalized spacial score (nSPS) is 16.6. The van der Waals surface area contributed by atoms with E-state index < -0.39 is 0 Å². The molecule has 1 atom stereocenters. The number of hydrogen-bond donors (Lipinski definition) is 1. The zero-order valence-corrected chi connectivity index (χ0v) is 14.0. The second kappa shape index (κ2) is 8.64. The van der Waals surface area contributed by atoms with Crippen LogP contribution in [0.5, 0.6) is 5.88 Å². The number of nitrogens with zero attached hydrogens (tertiary/aromatic N) is 2. The first-order valence-corrected chi connectivity index (χ1v) is 7.87. The highest BCUT2D eigenvalue weighted by atomic mass is 16.5. The second-order valence-corrected chi connectivity index (χ2v) is 5.68. The first kappa shape index (κ1) is 17.4. The third kappa shape index (κ3) is 5.04. The molecule has 6 nitrogen and oxygen atoms in total. The molecule has 0 radical (unpaired) electrons. The maximum atomic E-state index is 12.5. The summed E-state index contributed by atoms with van der Waals surface area (Å²) in [7, 11) is 3.70. The van der Waals surface area contributed by atoms with Crippen LogP contribution in [0.25, 0.3) is 0 Å². The van der Waals surface area contributed by atoms with E-state index in [1.54, 1.807) is 25.4 Å². The van der Waals surface area contributed by atoms with Crippen molar-refractivity contribution in [1.82, 2.24) is 15.2 Å². The van der Waals surface area contributed by atoms with Gasteiger partial charge in [0.25, 0.3) is 5.91 Å². The van der Waals surface area contributed by atoms with Crippen molar-refractivity contribution >= 4 is 5.91 Å². The predicted molar refractivity (Wildman–Crippen MR) is 88.7 cm³/mol. The Morgan fingerprint density at radius 1 is 1.48 bits per heavy atom. The van der Waals surface area contributed by atoms with Gasteiger partial charge in [-0.15, -0.1) is 0 Å². The van der Waals surface area contributed by atoms with Crippen molar-refractivity contribution < 1.29 is 14.3 Å². The van der Waals surface area contributed by atoms with Gasteiger partial charge in [0.15, 0.2) is 0 Å². The summed E-state index contributed by atoms with van der Waals surface area (Å²) in [6.07, 6.45) is 4.78. The molecule has 1 N–H and O–H groups in total. The Hall–Kier alpha value is -1.92. The van der Waals surface area contributed by atoms with Crippen LogP contribution in [-0.2, 0) is 4.74 Å². The Kier molecular flexibility index (Phi) is 6.55. The van der Waals surface area contributed by atoms with Gasteiger partial charge >= 0.3 is 0 Å². The van der Waals surface area contributed by atoms with E-state index in [2.05, 4.69) is 28.3 Å². The fourth-order valence-corrected chi connectivity index (χ4v) is 2.45. The summed E-state index contributed by atoms with van der Waals surface area (Å²) < 4.78 is 10.5. The van der Waals surface area contributed by atoms with Gasteiger partial charge in [0, 0.05) is 32.4 Å². The van der Waals surface area contributed by atoms with Gasteiger partial charge in [-0.2, -0.15) is 0 Å². The monoisotopic (exact) mass is 319 g/mol. The van der Waals surface area contributed by atoms with Gasteiger partial charge in [-0.05, 0) is 38.1 Å². The maximum Gasteiger partial charge on any atom is 0.257 e. The molecule has 0 fully saturated rings. The van der Waals surface area contributed by atoms with Crippen LogP contribution >= 0.6 is 0 Å². The number of carbonyl (C=O) groups excluding carboxylic acids is 1. The quantitative estimate of drug-likeness (QED) is 0.609. The first-order valence-electron chi connectivity index (χ1n) is 7.87. The van der Waals surface area contributed by atoms with E-state index in [1.807, 2.05) is 6.92 Å². The van der Waals surface area contributed by atoms with Crippen molar-refractivity contribution in [1.29, 1.82) is 0 Å². The van der Waals surface area contributed by atoms with Crippen LogP contribution in [0.15, 0.2) is 30.0 Å². The van der Waals surface area contributed by atoms with Crippen LogP contribution in [0, 0.1) is 0 Å². The molecule has 0 aromatic carbocycles. The molecule has 0 unspecified atom stereocenters. The maximum absolute atomic E-state index is 12.5. The van der Waals surface area contributed by atoms with E-state index in [4.69, 9.17) is 9.47 Å². The lowest BCUT2D eigenvalue weighted by molar-refractivity contribution is 0.0934. The number of carbonyl (C=O) groups is 1. The Morgan fingerprint density at radius 2 is 2.30 bits per heavy atom. The molecule has 0 bridgehead atoms. The highest BCUT2D eigenvalue weighted by Gasteiger charge is 2.19. The summed E-state index contributed by atoms with van der Waals surface area (Å²) in [5.74, 6) is 0.171. The van der Waals surface area contributed by atoms with E-state index >= 15 is 0 Å². The van der Waals surface area contributed by atoms with Gasteiger partial charge < -0.3 is 19.7 Å². The summed E-state index contributed by atoms with van der Waals surface area (Å²) >= 11 is 0. The standard InChI is InChI=1S/C17H25N3O3/c1-13(14-6-9-20(2)10-7-14)19-16(21)15-5-4-8-18-17(15)23-12-11-22-3/h4-6,8,13H,7,9-12H2,1-3H3,(H,19,21)/t13-/m1/s1. The van der Waals surface area contributed by atoms with Gasteiger partial charge in [-0.1, -0.05) is 6.08 Å². The first-order chi connectivity index (χ1) is 11.1. The molecule has 1 amide bonds. The molecule has 1 aromatic heterocycles. The molecule has 6 heteroatoms. The third-order valence-corrected chi connectivity index (χ3v) is 3.89. The molecule has 126 valence electrons. The highest BCUT2D eigenvalue weighted by molar-refractivity contribution is 5.96. The number of aromatic nitrogens is 1. The van der Waals surface area contributed by atoms with Crippen LogP contribution in [0.3, 0.4) is 0 Å². The Bertz CT molecular complexity index is 560. The molecular formula is C17H25N3O3. The zero-order chi connectivity index (χ0) is 16.7. The lowest BCUT2D eigenvalue weighted by Gasteiger charge is -2.26. The average Bonchev–Trinajstić information content (AvgIpc) is 2.56. The lowest BCUT2D eigenvalue weighted by Crippen LogP contribution is -2.37. The van der Waals surface area contributed by atoms with Crippen molar-refractivity contribution in [2.75, 3.05) is 40.5 Å². The zero-order valence-electron chi connectivity index (χ0n) is 14.0. The summed E-state index contributed by atoms with van der Waals surface area (Å²) in [6.45, 7) is 4.77. The third-order valence-electron chi connectivity index (χ3n) is 3.89. The number of ether oxygens (including phenoxy) is 2. The number of nitrogens with one attached hydrogen (secondary N) is 1. The van der Waals surface area contributed by atoms with Gasteiger partial charge in [-0.25, -0.2) is 4.98 Å². The van der Waals surface area contributed by atoms with Crippen LogP contribution < -0.4 is 10.1 Å². The second-order valence-electron chi connectivity index (χ2n) is 5.68. The topological polar surface area (TPSA) is 63.7 Å². The Labute approximate surface area is 137 Å². The molecule has 1 aliphatic rings. The van der Waals surface area contributed by atoms with Crippen molar-refractivity contribution in [2.45, 2.75) is 19.4 Å². The average molecular weight is 319 g/mol. The number of rotatable bonds is 7. The summed E-state index contributed by atoms with van der Waals surface area (Å²) in [6, 6.07) is 3.46. The van der Waals surface area contributed by atoms with E-state index in [1.165, 1.54) is 5.57 Å². The fourth-order valence-electron chi connectivity index (χ4n) is 2.45. The van der Waals surface area contributed by atoms with Gasteiger partial charge in [-0.3, -0.25) is 4.79 Å². The van der Waals surface area contributed by atoms with Gasteiger partial charge in [0.1, 0.15) is 12.2 Å². The van der Waals surface area contributed by atoms with Crippen LogP contribution in [-0.4, -0.2) is 62.3 Å². The van der Waals surface area contributed by atoms with E-state index in [9.17, 15) is 4.79 Å². The molecule has 0 aliphatic carbocycles. The van der Waals surface area contributed by atoms with Crippen molar-refractivity contribution in [3.05, 3.63) is 35.5 Å². The van der Waals surface area contributed by atoms with Crippen molar-refractivity contribution in [2.24, 2.45) is 0 Å². The molecule has 2 heterocycles. The molecule has 0 spiro atoms. The minimum absolute atomic E-state index is 0.00299. The van der Waals surface area contributed by atoms with Crippen molar-refractivity contribution in [3.63, 3.8) is 0 Å².